The van der Waals surface area contributed by atoms with Crippen molar-refractivity contribution in [2.75, 3.05) is 0 Å². The van der Waals surface area contributed by atoms with Crippen LogP contribution in [0.3, 0.4) is 0 Å². The molecule has 1 heterocycles. The summed E-state index contributed by atoms with van der Waals surface area (Å²) in [5.41, 5.74) is 0.902. The molecular weight excluding hydrogens is 208 g/mol. The van der Waals surface area contributed by atoms with Crippen molar-refractivity contribution in [1.29, 1.82) is 0 Å². The number of nitrogens with zero attached hydrogens (tertiary/aromatic N) is 1. The van der Waals surface area contributed by atoms with E-state index < -0.39 is 0 Å². The van der Waals surface area contributed by atoms with Gasteiger partial charge in [0.25, 0.3) is 5.56 Å². The predicted molar refractivity (Wildman–Crippen MR) is 58.2 cm³/mol. The highest BCUT2D eigenvalue weighted by atomic mass is 16.3. The van der Waals surface area contributed by atoms with E-state index >= 15 is 0 Å². The Labute approximate surface area is 91.6 Å². The molecule has 0 atom stereocenters. The number of aromatic hydroxyl groups is 1. The van der Waals surface area contributed by atoms with E-state index in [9.17, 15) is 9.90 Å². The molecular formula is C11H12N2O3. The molecule has 5 nitrogen and oxygen atoms in total. The van der Waals surface area contributed by atoms with Crippen LogP contribution in [0.2, 0.25) is 0 Å². The van der Waals surface area contributed by atoms with Gasteiger partial charge in [-0.15, -0.1) is 0 Å². The Morgan fingerprint density at radius 2 is 2.19 bits per heavy atom. The van der Waals surface area contributed by atoms with E-state index in [0.29, 0.717) is 12.1 Å². The molecule has 0 radical (unpaired) electrons. The topological polar surface area (TPSA) is 78.2 Å². The van der Waals surface area contributed by atoms with Gasteiger partial charge in [0.05, 0.1) is 18.7 Å². The zero-order valence-electron chi connectivity index (χ0n) is 8.55. The van der Waals surface area contributed by atoms with Crippen LogP contribution in [0.15, 0.2) is 35.3 Å². The van der Waals surface area contributed by atoms with Gasteiger partial charge in [-0.3, -0.25) is 4.79 Å². The zero-order valence-corrected chi connectivity index (χ0v) is 8.55. The van der Waals surface area contributed by atoms with Gasteiger partial charge in [-0.25, -0.2) is 4.68 Å². The molecule has 16 heavy (non-hydrogen) atoms. The van der Waals surface area contributed by atoms with Crippen LogP contribution in [0, 0.1) is 0 Å². The van der Waals surface area contributed by atoms with Crippen molar-refractivity contribution in [3.63, 3.8) is 0 Å². The third-order valence-corrected chi connectivity index (χ3v) is 2.34. The lowest BCUT2D eigenvalue weighted by Gasteiger charge is -2.02. The van der Waals surface area contributed by atoms with Gasteiger partial charge in [-0.2, -0.15) is 0 Å². The van der Waals surface area contributed by atoms with E-state index in [2.05, 4.69) is 5.10 Å². The van der Waals surface area contributed by atoms with Crippen molar-refractivity contribution < 1.29 is 10.2 Å². The minimum Gasteiger partial charge on any atom is -0.508 e. The summed E-state index contributed by atoms with van der Waals surface area (Å²) < 4.78 is 1.38. The van der Waals surface area contributed by atoms with Crippen LogP contribution in [-0.4, -0.2) is 20.0 Å². The van der Waals surface area contributed by atoms with Crippen molar-refractivity contribution in [2.45, 2.75) is 13.2 Å². The van der Waals surface area contributed by atoms with E-state index in [1.165, 1.54) is 10.9 Å². The smallest absolute Gasteiger partial charge is 0.272 e. The van der Waals surface area contributed by atoms with Crippen molar-refractivity contribution in [1.82, 2.24) is 9.78 Å². The summed E-state index contributed by atoms with van der Waals surface area (Å²) in [6, 6.07) is 6.68. The fourth-order valence-corrected chi connectivity index (χ4v) is 1.52. The zero-order chi connectivity index (χ0) is 11.5. The Kier molecular flexibility index (Phi) is 2.78. The van der Waals surface area contributed by atoms with Crippen molar-refractivity contribution in [2.24, 2.45) is 0 Å². The first-order valence-electron chi connectivity index (χ1n) is 4.86. The van der Waals surface area contributed by atoms with Crippen LogP contribution in [0.5, 0.6) is 5.75 Å². The molecule has 0 fully saturated rings. The van der Waals surface area contributed by atoms with Crippen LogP contribution in [0.4, 0.5) is 0 Å². The lowest BCUT2D eigenvalue weighted by Crippen LogP contribution is -2.19. The minimum atomic E-state index is -0.275. The number of aromatic amines is 1. The average Bonchev–Trinajstić information content (AvgIpc) is 2.60. The number of phenols is 1. The molecule has 1 aromatic carbocycles. The summed E-state index contributed by atoms with van der Waals surface area (Å²) in [5, 5.41) is 20.9. The quantitative estimate of drug-likeness (QED) is 0.701. The molecule has 0 aliphatic rings. The second kappa shape index (κ2) is 4.24. The number of phenolic OH excluding ortho intramolecular Hbond substituents is 1. The first-order chi connectivity index (χ1) is 7.70. The van der Waals surface area contributed by atoms with Gasteiger partial charge < -0.3 is 15.3 Å². The first-order valence-corrected chi connectivity index (χ1v) is 4.86. The van der Waals surface area contributed by atoms with Gasteiger partial charge in [-0.05, 0) is 17.7 Å². The Balaban J connectivity index is 2.27. The SMILES string of the molecule is O=c1c(CO)c[nH]n1Cc1cccc(O)c1. The molecule has 0 unspecified atom stereocenters. The summed E-state index contributed by atoms with van der Waals surface area (Å²) in [6.07, 6.45) is 1.48. The molecule has 0 amide bonds. The summed E-state index contributed by atoms with van der Waals surface area (Å²) in [5.74, 6) is 0.166. The number of aromatic nitrogens is 2. The summed E-state index contributed by atoms with van der Waals surface area (Å²) in [6.45, 7) is 0.0651. The molecule has 2 rings (SSSR count). The monoisotopic (exact) mass is 220 g/mol. The number of aliphatic hydroxyl groups is 1. The summed E-state index contributed by atoms with van der Waals surface area (Å²) >= 11 is 0. The summed E-state index contributed by atoms with van der Waals surface area (Å²) in [7, 11) is 0. The van der Waals surface area contributed by atoms with Crippen molar-refractivity contribution in [3.8, 4) is 5.75 Å². The van der Waals surface area contributed by atoms with Gasteiger partial charge >= 0.3 is 0 Å². The van der Waals surface area contributed by atoms with Crippen molar-refractivity contribution in [3.05, 3.63) is 51.9 Å². The molecule has 0 bridgehead atoms. The number of nitrogens with one attached hydrogen (secondary N) is 1. The maximum Gasteiger partial charge on any atom is 0.272 e. The van der Waals surface area contributed by atoms with Crippen LogP contribution in [0.1, 0.15) is 11.1 Å². The average molecular weight is 220 g/mol. The lowest BCUT2D eigenvalue weighted by molar-refractivity contribution is 0.280. The third-order valence-electron chi connectivity index (χ3n) is 2.34. The minimum absolute atomic E-state index is 0.166. The fourth-order valence-electron chi connectivity index (χ4n) is 1.52. The van der Waals surface area contributed by atoms with Crippen molar-refractivity contribution >= 4 is 0 Å². The molecule has 0 aliphatic carbocycles. The van der Waals surface area contributed by atoms with E-state index in [0.717, 1.165) is 5.56 Å². The Bertz CT molecular complexity index is 542. The molecule has 1 aromatic heterocycles. The van der Waals surface area contributed by atoms with Crippen LogP contribution in [0.25, 0.3) is 0 Å². The van der Waals surface area contributed by atoms with Gasteiger partial charge in [0.15, 0.2) is 0 Å². The van der Waals surface area contributed by atoms with E-state index in [1.807, 2.05) is 6.07 Å². The van der Waals surface area contributed by atoms with Crippen LogP contribution >= 0.6 is 0 Å². The largest absolute Gasteiger partial charge is 0.508 e. The molecule has 3 N–H and O–H groups in total. The maximum atomic E-state index is 11.6. The van der Waals surface area contributed by atoms with E-state index in [1.54, 1.807) is 18.2 Å². The predicted octanol–water partition coefficient (Wildman–Crippen LogP) is 0.423. The second-order valence-electron chi connectivity index (χ2n) is 3.52. The Morgan fingerprint density at radius 1 is 1.38 bits per heavy atom. The van der Waals surface area contributed by atoms with E-state index in [-0.39, 0.29) is 17.9 Å². The number of hydrogen-bond acceptors (Lipinski definition) is 3. The maximum absolute atomic E-state index is 11.6. The van der Waals surface area contributed by atoms with Gasteiger partial charge in [0, 0.05) is 6.20 Å². The Morgan fingerprint density at radius 3 is 2.81 bits per heavy atom. The summed E-state index contributed by atoms with van der Waals surface area (Å²) in [4.78, 5) is 11.6. The number of rotatable bonds is 3. The molecule has 84 valence electrons. The fraction of sp³-hybridized carbons (Fsp3) is 0.182. The highest BCUT2D eigenvalue weighted by Crippen LogP contribution is 2.11. The molecule has 0 saturated carbocycles. The number of benzene rings is 1. The van der Waals surface area contributed by atoms with Gasteiger partial charge in [-0.1, -0.05) is 12.1 Å². The number of aliphatic hydroxyl groups excluding tert-OH is 1. The van der Waals surface area contributed by atoms with E-state index in [4.69, 9.17) is 5.11 Å². The second-order valence-corrected chi connectivity index (χ2v) is 3.52. The molecule has 0 aliphatic heterocycles. The molecule has 0 saturated heterocycles. The number of H-pyrrole nitrogens is 1. The standard InChI is InChI=1S/C11H12N2O3/c14-7-9-5-12-13(11(9)16)6-8-2-1-3-10(15)4-8/h1-5,12,14-15H,6-7H2. The molecule has 0 spiro atoms. The molecule has 2 aromatic rings. The first kappa shape index (κ1) is 10.5. The Hall–Kier alpha value is -2.01. The normalized spacial score (nSPS) is 10.6. The van der Waals surface area contributed by atoms with Crippen LogP contribution < -0.4 is 5.56 Å². The number of hydrogen-bond donors (Lipinski definition) is 3. The third kappa shape index (κ3) is 1.99. The highest BCUT2D eigenvalue weighted by molar-refractivity contribution is 5.27. The van der Waals surface area contributed by atoms with Crippen LogP contribution in [-0.2, 0) is 13.2 Å². The highest BCUT2D eigenvalue weighted by Gasteiger charge is 2.05. The van der Waals surface area contributed by atoms with Gasteiger partial charge in [0.1, 0.15) is 5.75 Å². The van der Waals surface area contributed by atoms with Gasteiger partial charge in [0.2, 0.25) is 0 Å². The lowest BCUT2D eigenvalue weighted by atomic mass is 10.2. The molecule has 5 heteroatoms.